The Labute approximate surface area is 159 Å². The molecule has 1 amide bonds. The van der Waals surface area contributed by atoms with Crippen LogP contribution < -0.4 is 5.32 Å². The topological polar surface area (TPSA) is 72.7 Å². The number of hydrogen-bond acceptors (Lipinski definition) is 5. The number of amides is 1. The number of thioether (sulfide) groups is 1. The van der Waals surface area contributed by atoms with E-state index in [2.05, 4.69) is 72.8 Å². The molecule has 1 aliphatic rings. The van der Waals surface area contributed by atoms with Crippen LogP contribution in [0.1, 0.15) is 69.7 Å². The lowest BCUT2D eigenvalue weighted by Gasteiger charge is -2.23. The zero-order valence-electron chi connectivity index (χ0n) is 15.8. The standard InChI is InChI=1S/C19H27N5OS/c1-12(2)14-5-7-15(8-6-14)18(13(3)4)20-17(25)11-26-19-21-22-23-24(19)16-9-10-16/h5-8,12-13,16,18H,9-11H2,1-4H3,(H,20,25)/t18-/m1/s1. The summed E-state index contributed by atoms with van der Waals surface area (Å²) >= 11 is 1.40. The van der Waals surface area contributed by atoms with Gasteiger partial charge in [-0.05, 0) is 46.2 Å². The first kappa shape index (κ1) is 18.9. The predicted octanol–water partition coefficient (Wildman–Crippen LogP) is 3.74. The summed E-state index contributed by atoms with van der Waals surface area (Å²) in [4.78, 5) is 12.5. The number of rotatable bonds is 8. The monoisotopic (exact) mass is 373 g/mol. The summed E-state index contributed by atoms with van der Waals surface area (Å²) in [6.07, 6.45) is 2.24. The zero-order valence-corrected chi connectivity index (χ0v) is 16.7. The second-order valence-corrected chi connectivity index (χ2v) is 8.48. The van der Waals surface area contributed by atoms with E-state index in [9.17, 15) is 4.79 Å². The molecule has 1 aliphatic carbocycles. The molecule has 6 nitrogen and oxygen atoms in total. The Bertz CT molecular complexity index is 737. The number of carbonyl (C=O) groups excluding carboxylic acids is 1. The van der Waals surface area contributed by atoms with Crippen LogP contribution in [0.15, 0.2) is 29.4 Å². The Morgan fingerprint density at radius 1 is 1.19 bits per heavy atom. The Hall–Kier alpha value is -1.89. The minimum Gasteiger partial charge on any atom is -0.348 e. The number of aromatic nitrogens is 4. The van der Waals surface area contributed by atoms with Gasteiger partial charge in [0.15, 0.2) is 0 Å². The predicted molar refractivity (Wildman–Crippen MR) is 103 cm³/mol. The van der Waals surface area contributed by atoms with E-state index < -0.39 is 0 Å². The van der Waals surface area contributed by atoms with Crippen molar-refractivity contribution in [1.82, 2.24) is 25.5 Å². The molecule has 0 unspecified atom stereocenters. The molecule has 7 heteroatoms. The van der Waals surface area contributed by atoms with Crippen molar-refractivity contribution in [2.24, 2.45) is 5.92 Å². The molecule has 26 heavy (non-hydrogen) atoms. The maximum Gasteiger partial charge on any atom is 0.230 e. The summed E-state index contributed by atoms with van der Waals surface area (Å²) in [5, 5.41) is 15.7. The molecule has 0 radical (unpaired) electrons. The average Bonchev–Trinajstić information content (AvgIpc) is 3.35. The van der Waals surface area contributed by atoms with Crippen LogP contribution in [0.3, 0.4) is 0 Å². The number of tetrazole rings is 1. The number of hydrogen-bond donors (Lipinski definition) is 1. The molecule has 1 fully saturated rings. The van der Waals surface area contributed by atoms with Crippen LogP contribution in [0, 0.1) is 5.92 Å². The van der Waals surface area contributed by atoms with Gasteiger partial charge in [0, 0.05) is 0 Å². The number of nitrogens with zero attached hydrogens (tertiary/aromatic N) is 4. The lowest BCUT2D eigenvalue weighted by atomic mass is 9.93. The largest absolute Gasteiger partial charge is 0.348 e. The van der Waals surface area contributed by atoms with Crippen molar-refractivity contribution < 1.29 is 4.79 Å². The lowest BCUT2D eigenvalue weighted by molar-refractivity contribution is -0.119. The van der Waals surface area contributed by atoms with Gasteiger partial charge in [-0.15, -0.1) is 5.10 Å². The molecular formula is C19H27N5OS. The van der Waals surface area contributed by atoms with E-state index in [4.69, 9.17) is 0 Å². The minimum absolute atomic E-state index is 0.00346. The van der Waals surface area contributed by atoms with Gasteiger partial charge in [0.25, 0.3) is 0 Å². The molecule has 3 rings (SSSR count). The summed E-state index contributed by atoms with van der Waals surface area (Å²) in [5.74, 6) is 1.14. The van der Waals surface area contributed by atoms with Gasteiger partial charge in [-0.1, -0.05) is 63.7 Å². The highest BCUT2D eigenvalue weighted by Crippen LogP contribution is 2.36. The Balaban J connectivity index is 1.60. The van der Waals surface area contributed by atoms with Crippen LogP contribution in [0.2, 0.25) is 0 Å². The van der Waals surface area contributed by atoms with E-state index in [1.165, 1.54) is 17.3 Å². The van der Waals surface area contributed by atoms with Crippen molar-refractivity contribution in [3.8, 4) is 0 Å². The Morgan fingerprint density at radius 3 is 2.42 bits per heavy atom. The summed E-state index contributed by atoms with van der Waals surface area (Å²) in [6, 6.07) is 8.98. The minimum atomic E-state index is 0.00346. The third-order valence-corrected chi connectivity index (χ3v) is 5.57. The molecule has 1 aromatic carbocycles. The van der Waals surface area contributed by atoms with Crippen molar-refractivity contribution in [1.29, 1.82) is 0 Å². The van der Waals surface area contributed by atoms with E-state index >= 15 is 0 Å². The molecule has 1 heterocycles. The maximum atomic E-state index is 12.5. The van der Waals surface area contributed by atoms with E-state index in [0.717, 1.165) is 23.6 Å². The first-order chi connectivity index (χ1) is 12.5. The van der Waals surface area contributed by atoms with Crippen LogP contribution >= 0.6 is 11.8 Å². The van der Waals surface area contributed by atoms with Crippen LogP contribution in [-0.2, 0) is 4.79 Å². The van der Waals surface area contributed by atoms with Crippen molar-refractivity contribution in [3.63, 3.8) is 0 Å². The fraction of sp³-hybridized carbons (Fsp3) is 0.579. The smallest absolute Gasteiger partial charge is 0.230 e. The van der Waals surface area contributed by atoms with Gasteiger partial charge in [0.2, 0.25) is 11.1 Å². The van der Waals surface area contributed by atoms with Crippen molar-refractivity contribution in [2.75, 3.05) is 5.75 Å². The second-order valence-electron chi connectivity index (χ2n) is 7.54. The van der Waals surface area contributed by atoms with Gasteiger partial charge < -0.3 is 5.32 Å². The molecule has 0 saturated heterocycles. The van der Waals surface area contributed by atoms with Gasteiger partial charge in [0.05, 0.1) is 17.8 Å². The summed E-state index contributed by atoms with van der Waals surface area (Å²) < 4.78 is 1.84. The molecule has 1 atom stereocenters. The Morgan fingerprint density at radius 2 is 1.85 bits per heavy atom. The first-order valence-electron chi connectivity index (χ1n) is 9.25. The molecule has 1 aromatic heterocycles. The number of benzene rings is 1. The fourth-order valence-electron chi connectivity index (χ4n) is 2.90. The van der Waals surface area contributed by atoms with Crippen molar-refractivity contribution in [3.05, 3.63) is 35.4 Å². The number of nitrogens with one attached hydrogen (secondary N) is 1. The summed E-state index contributed by atoms with van der Waals surface area (Å²) in [5.41, 5.74) is 2.45. The van der Waals surface area contributed by atoms with Crippen molar-refractivity contribution in [2.45, 2.75) is 63.7 Å². The molecule has 0 spiro atoms. The van der Waals surface area contributed by atoms with Crippen LogP contribution in [0.5, 0.6) is 0 Å². The highest BCUT2D eigenvalue weighted by atomic mass is 32.2. The third-order valence-electron chi connectivity index (χ3n) is 4.63. The van der Waals surface area contributed by atoms with E-state index in [-0.39, 0.29) is 11.9 Å². The third kappa shape index (κ3) is 4.63. The highest BCUT2D eigenvalue weighted by Gasteiger charge is 2.28. The van der Waals surface area contributed by atoms with E-state index in [0.29, 0.717) is 23.6 Å². The number of carbonyl (C=O) groups is 1. The summed E-state index contributed by atoms with van der Waals surface area (Å²) in [7, 11) is 0. The lowest BCUT2D eigenvalue weighted by Crippen LogP contribution is -2.33. The quantitative estimate of drug-likeness (QED) is 0.714. The molecule has 2 aromatic rings. The normalized spacial score (nSPS) is 15.5. The first-order valence-corrected chi connectivity index (χ1v) is 10.2. The average molecular weight is 374 g/mol. The van der Waals surface area contributed by atoms with Crippen LogP contribution in [0.4, 0.5) is 0 Å². The second kappa shape index (κ2) is 8.20. The van der Waals surface area contributed by atoms with E-state index in [1.54, 1.807) is 0 Å². The van der Waals surface area contributed by atoms with Crippen molar-refractivity contribution >= 4 is 17.7 Å². The van der Waals surface area contributed by atoms with Crippen LogP contribution in [-0.4, -0.2) is 31.9 Å². The Kier molecular flexibility index (Phi) is 5.96. The fourth-order valence-corrected chi connectivity index (χ4v) is 3.65. The molecular weight excluding hydrogens is 346 g/mol. The highest BCUT2D eigenvalue weighted by molar-refractivity contribution is 7.99. The summed E-state index contributed by atoms with van der Waals surface area (Å²) in [6.45, 7) is 8.62. The van der Waals surface area contributed by atoms with Gasteiger partial charge in [-0.2, -0.15) is 0 Å². The van der Waals surface area contributed by atoms with Crippen LogP contribution in [0.25, 0.3) is 0 Å². The van der Waals surface area contributed by atoms with Gasteiger partial charge in [-0.3, -0.25) is 4.79 Å². The molecule has 1 saturated carbocycles. The maximum absolute atomic E-state index is 12.5. The van der Waals surface area contributed by atoms with E-state index in [1.807, 2.05) is 4.68 Å². The van der Waals surface area contributed by atoms with Gasteiger partial charge >= 0.3 is 0 Å². The van der Waals surface area contributed by atoms with Gasteiger partial charge in [0.1, 0.15) is 0 Å². The van der Waals surface area contributed by atoms with Gasteiger partial charge in [-0.25, -0.2) is 4.68 Å². The molecule has 0 aliphatic heterocycles. The molecule has 1 N–H and O–H groups in total. The SMILES string of the molecule is CC(C)c1ccc([C@H](NC(=O)CSc2nnnn2C2CC2)C(C)C)cc1. The zero-order chi connectivity index (χ0) is 18.7. The molecule has 140 valence electrons. The molecule has 0 bridgehead atoms.